The van der Waals surface area contributed by atoms with Crippen LogP contribution in [-0.2, 0) is 0 Å². The second-order valence-electron chi connectivity index (χ2n) is 2.98. The summed E-state index contributed by atoms with van der Waals surface area (Å²) in [5.41, 5.74) is 1.66. The maximum Gasteiger partial charge on any atom is 0.266 e. The summed E-state index contributed by atoms with van der Waals surface area (Å²) in [5, 5.41) is 0. The molecular weight excluding hydrogens is 201 g/mol. The average Bonchev–Trinajstić information content (AvgIpc) is 2.47. The van der Waals surface area contributed by atoms with Crippen molar-refractivity contribution in [2.24, 2.45) is 0 Å². The smallest absolute Gasteiger partial charge is 0.266 e. The lowest BCUT2D eigenvalue weighted by molar-refractivity contribution is 0.553. The molecule has 4 heteroatoms. The molecule has 0 radical (unpaired) electrons. The molecule has 0 unspecified atom stereocenters. The van der Waals surface area contributed by atoms with Crippen LogP contribution in [0.2, 0.25) is 0 Å². The molecule has 0 bridgehead atoms. The SMILES string of the molecule is Cc1[nH]c(=S)oc1-c1ccc(F)cc1. The van der Waals surface area contributed by atoms with Gasteiger partial charge in [0, 0.05) is 5.56 Å². The zero-order valence-electron chi connectivity index (χ0n) is 7.50. The van der Waals surface area contributed by atoms with Gasteiger partial charge in [0.05, 0.1) is 5.69 Å². The predicted molar refractivity (Wildman–Crippen MR) is 54.0 cm³/mol. The Morgan fingerprint density at radius 3 is 2.43 bits per heavy atom. The van der Waals surface area contributed by atoms with Gasteiger partial charge in [-0.2, -0.15) is 0 Å². The monoisotopic (exact) mass is 209 g/mol. The molecule has 0 saturated carbocycles. The Balaban J connectivity index is 2.54. The minimum Gasteiger partial charge on any atom is -0.429 e. The molecule has 1 aromatic heterocycles. The average molecular weight is 209 g/mol. The molecule has 0 fully saturated rings. The fraction of sp³-hybridized carbons (Fsp3) is 0.100. The third-order valence-electron chi connectivity index (χ3n) is 1.93. The molecule has 0 amide bonds. The van der Waals surface area contributed by atoms with Gasteiger partial charge in [-0.05, 0) is 43.4 Å². The van der Waals surface area contributed by atoms with Crippen LogP contribution in [0.25, 0.3) is 11.3 Å². The highest BCUT2D eigenvalue weighted by atomic mass is 32.1. The van der Waals surface area contributed by atoms with Crippen molar-refractivity contribution >= 4 is 12.2 Å². The Labute approximate surface area is 85.4 Å². The van der Waals surface area contributed by atoms with Gasteiger partial charge in [-0.1, -0.05) is 0 Å². The third kappa shape index (κ3) is 1.61. The Hall–Kier alpha value is -1.42. The van der Waals surface area contributed by atoms with E-state index in [0.717, 1.165) is 11.3 Å². The van der Waals surface area contributed by atoms with E-state index in [4.69, 9.17) is 16.6 Å². The first-order chi connectivity index (χ1) is 6.66. The van der Waals surface area contributed by atoms with Crippen LogP contribution in [0, 0.1) is 17.6 Å². The van der Waals surface area contributed by atoms with Crippen molar-refractivity contribution in [3.8, 4) is 11.3 Å². The quantitative estimate of drug-likeness (QED) is 0.729. The Kier molecular flexibility index (Phi) is 2.21. The Morgan fingerprint density at radius 1 is 1.29 bits per heavy atom. The second kappa shape index (κ2) is 3.38. The highest BCUT2D eigenvalue weighted by Crippen LogP contribution is 2.22. The highest BCUT2D eigenvalue weighted by molar-refractivity contribution is 7.71. The standard InChI is InChI=1S/C10H8FNOS/c1-6-9(13-10(14)12-6)7-2-4-8(11)5-3-7/h2-5H,1H3,(H,12,14). The van der Waals surface area contributed by atoms with E-state index in [2.05, 4.69) is 4.98 Å². The van der Waals surface area contributed by atoms with Crippen LogP contribution in [0.3, 0.4) is 0 Å². The summed E-state index contributed by atoms with van der Waals surface area (Å²) < 4.78 is 17.9. The van der Waals surface area contributed by atoms with Crippen LogP contribution in [0.1, 0.15) is 5.69 Å². The van der Waals surface area contributed by atoms with E-state index >= 15 is 0 Å². The van der Waals surface area contributed by atoms with Crippen molar-refractivity contribution in [2.45, 2.75) is 6.92 Å². The van der Waals surface area contributed by atoms with Crippen LogP contribution in [0.5, 0.6) is 0 Å². The van der Waals surface area contributed by atoms with E-state index < -0.39 is 0 Å². The van der Waals surface area contributed by atoms with E-state index in [-0.39, 0.29) is 5.82 Å². The minimum atomic E-state index is -0.263. The van der Waals surface area contributed by atoms with Crippen LogP contribution >= 0.6 is 12.2 Å². The minimum absolute atomic E-state index is 0.263. The summed E-state index contributed by atoms with van der Waals surface area (Å²) in [5.74, 6) is 0.399. The van der Waals surface area contributed by atoms with Crippen LogP contribution in [0.4, 0.5) is 4.39 Å². The maximum atomic E-state index is 12.6. The molecule has 2 aromatic rings. The summed E-state index contributed by atoms with van der Waals surface area (Å²) in [4.78, 5) is 3.21. The van der Waals surface area contributed by atoms with Crippen molar-refractivity contribution in [1.29, 1.82) is 0 Å². The fourth-order valence-corrected chi connectivity index (χ4v) is 1.52. The first-order valence-electron chi connectivity index (χ1n) is 4.12. The van der Waals surface area contributed by atoms with Crippen molar-refractivity contribution in [3.63, 3.8) is 0 Å². The fourth-order valence-electron chi connectivity index (χ4n) is 1.28. The molecule has 0 saturated heterocycles. The Morgan fingerprint density at radius 2 is 1.93 bits per heavy atom. The van der Waals surface area contributed by atoms with Crippen molar-refractivity contribution in [3.05, 3.63) is 40.6 Å². The van der Waals surface area contributed by atoms with Gasteiger partial charge in [0.25, 0.3) is 4.84 Å². The van der Waals surface area contributed by atoms with E-state index in [1.54, 1.807) is 12.1 Å². The maximum absolute atomic E-state index is 12.6. The molecule has 0 aliphatic rings. The lowest BCUT2D eigenvalue weighted by Gasteiger charge is -1.96. The first kappa shape index (κ1) is 9.15. The summed E-state index contributed by atoms with van der Waals surface area (Å²) in [6.45, 7) is 1.86. The van der Waals surface area contributed by atoms with Crippen LogP contribution < -0.4 is 0 Å². The van der Waals surface area contributed by atoms with Gasteiger partial charge in [-0.25, -0.2) is 4.39 Å². The van der Waals surface area contributed by atoms with E-state index in [1.165, 1.54) is 12.1 Å². The molecule has 72 valence electrons. The topological polar surface area (TPSA) is 28.9 Å². The number of halogens is 1. The Bertz CT molecular complexity index is 498. The molecule has 0 aliphatic carbocycles. The van der Waals surface area contributed by atoms with Crippen molar-refractivity contribution in [2.75, 3.05) is 0 Å². The summed E-state index contributed by atoms with van der Waals surface area (Å²) in [6.07, 6.45) is 0. The molecule has 1 heterocycles. The van der Waals surface area contributed by atoms with Crippen LogP contribution in [0.15, 0.2) is 28.7 Å². The number of benzene rings is 1. The number of nitrogens with one attached hydrogen (secondary N) is 1. The number of aromatic amines is 1. The van der Waals surface area contributed by atoms with Gasteiger partial charge in [0.2, 0.25) is 0 Å². The number of hydrogen-bond donors (Lipinski definition) is 1. The number of hydrogen-bond acceptors (Lipinski definition) is 2. The molecule has 2 rings (SSSR count). The normalized spacial score (nSPS) is 10.4. The summed E-state index contributed by atoms with van der Waals surface area (Å²) in [7, 11) is 0. The second-order valence-corrected chi connectivity index (χ2v) is 3.35. The molecular formula is C10H8FNOS. The van der Waals surface area contributed by atoms with Crippen molar-refractivity contribution < 1.29 is 8.81 Å². The molecule has 0 spiro atoms. The van der Waals surface area contributed by atoms with Gasteiger partial charge < -0.3 is 9.40 Å². The number of H-pyrrole nitrogens is 1. The van der Waals surface area contributed by atoms with Gasteiger partial charge in [-0.15, -0.1) is 0 Å². The molecule has 0 atom stereocenters. The number of aromatic nitrogens is 1. The summed E-state index contributed by atoms with van der Waals surface area (Å²) >= 11 is 4.85. The van der Waals surface area contributed by atoms with Crippen molar-refractivity contribution in [1.82, 2.24) is 4.98 Å². The lowest BCUT2D eigenvalue weighted by atomic mass is 10.1. The highest BCUT2D eigenvalue weighted by Gasteiger charge is 2.06. The van der Waals surface area contributed by atoms with E-state index in [9.17, 15) is 4.39 Å². The predicted octanol–water partition coefficient (Wildman–Crippen LogP) is 3.45. The zero-order chi connectivity index (χ0) is 10.1. The molecule has 14 heavy (non-hydrogen) atoms. The molecule has 2 nitrogen and oxygen atoms in total. The van der Waals surface area contributed by atoms with Gasteiger partial charge in [0.15, 0.2) is 5.76 Å². The molecule has 1 N–H and O–H groups in total. The number of aryl methyl sites for hydroxylation is 1. The van der Waals surface area contributed by atoms with Crippen LogP contribution in [-0.4, -0.2) is 4.98 Å². The third-order valence-corrected chi connectivity index (χ3v) is 2.12. The van der Waals surface area contributed by atoms with E-state index in [0.29, 0.717) is 10.6 Å². The zero-order valence-corrected chi connectivity index (χ0v) is 8.32. The van der Waals surface area contributed by atoms with Gasteiger partial charge in [0.1, 0.15) is 5.82 Å². The number of rotatable bonds is 1. The van der Waals surface area contributed by atoms with Gasteiger partial charge in [-0.3, -0.25) is 0 Å². The molecule has 0 aliphatic heterocycles. The first-order valence-corrected chi connectivity index (χ1v) is 4.53. The lowest BCUT2D eigenvalue weighted by Crippen LogP contribution is -1.79. The largest absolute Gasteiger partial charge is 0.429 e. The molecule has 1 aromatic carbocycles. The number of oxazole rings is 1. The summed E-state index contributed by atoms with van der Waals surface area (Å²) in [6, 6.07) is 6.09. The van der Waals surface area contributed by atoms with Gasteiger partial charge >= 0.3 is 0 Å². The van der Waals surface area contributed by atoms with E-state index in [1.807, 2.05) is 6.92 Å².